The number of rotatable bonds is 5. The van der Waals surface area contributed by atoms with E-state index in [-0.39, 0.29) is 12.6 Å². The van der Waals surface area contributed by atoms with E-state index >= 15 is 0 Å². The van der Waals surface area contributed by atoms with Crippen LogP contribution in [0.15, 0.2) is 0 Å². The summed E-state index contributed by atoms with van der Waals surface area (Å²) >= 11 is 0. The molecular formula is C10H18F3NO. The number of alkyl halides is 3. The summed E-state index contributed by atoms with van der Waals surface area (Å²) in [5.74, 6) is 0. The molecule has 90 valence electrons. The molecule has 1 fully saturated rings. The van der Waals surface area contributed by atoms with Gasteiger partial charge >= 0.3 is 6.18 Å². The van der Waals surface area contributed by atoms with Crippen LogP contribution in [0.1, 0.15) is 32.1 Å². The van der Waals surface area contributed by atoms with Gasteiger partial charge in [-0.1, -0.05) is 0 Å². The molecule has 0 aliphatic carbocycles. The first kappa shape index (κ1) is 12.8. The predicted octanol–water partition coefficient (Wildman–Crippen LogP) is 2.49. The van der Waals surface area contributed by atoms with Gasteiger partial charge in [0.2, 0.25) is 0 Å². The van der Waals surface area contributed by atoms with Gasteiger partial charge < -0.3 is 10.1 Å². The number of ether oxygens (including phenoxy) is 1. The molecule has 0 aromatic carbocycles. The summed E-state index contributed by atoms with van der Waals surface area (Å²) in [5, 5.41) is 2.79. The van der Waals surface area contributed by atoms with E-state index in [9.17, 15) is 13.2 Å². The summed E-state index contributed by atoms with van der Waals surface area (Å²) < 4.78 is 40.8. The van der Waals surface area contributed by atoms with Crippen LogP contribution in [0.3, 0.4) is 0 Å². The lowest BCUT2D eigenvalue weighted by Gasteiger charge is -2.22. The first-order valence-electron chi connectivity index (χ1n) is 5.47. The summed E-state index contributed by atoms with van der Waals surface area (Å²) in [6.07, 6.45) is -0.409. The molecule has 1 N–H and O–H groups in total. The van der Waals surface area contributed by atoms with Crippen LogP contribution >= 0.6 is 0 Å². The molecule has 0 aromatic heterocycles. The molecule has 1 saturated heterocycles. The van der Waals surface area contributed by atoms with E-state index in [1.54, 1.807) is 0 Å². The Hall–Kier alpha value is -0.290. The van der Waals surface area contributed by atoms with Crippen LogP contribution < -0.4 is 5.32 Å². The van der Waals surface area contributed by atoms with Crippen LogP contribution in [0.5, 0.6) is 0 Å². The van der Waals surface area contributed by atoms with E-state index in [0.29, 0.717) is 6.54 Å². The topological polar surface area (TPSA) is 21.3 Å². The van der Waals surface area contributed by atoms with Crippen molar-refractivity contribution in [3.8, 4) is 0 Å². The van der Waals surface area contributed by atoms with Crippen molar-refractivity contribution in [3.05, 3.63) is 0 Å². The zero-order valence-corrected chi connectivity index (χ0v) is 8.78. The highest BCUT2D eigenvalue weighted by Gasteiger charge is 2.25. The molecule has 0 spiro atoms. The van der Waals surface area contributed by atoms with Crippen molar-refractivity contribution in [1.29, 1.82) is 0 Å². The average Bonchev–Trinajstić information content (AvgIpc) is 2.17. The van der Waals surface area contributed by atoms with E-state index in [0.717, 1.165) is 25.9 Å². The summed E-state index contributed by atoms with van der Waals surface area (Å²) in [7, 11) is 0. The minimum Gasteiger partial charge on any atom is -0.378 e. The highest BCUT2D eigenvalue weighted by Crippen LogP contribution is 2.18. The van der Waals surface area contributed by atoms with E-state index in [1.807, 2.05) is 0 Å². The second-order valence-corrected chi connectivity index (χ2v) is 3.89. The molecule has 1 atom stereocenters. The Morgan fingerprint density at radius 1 is 1.20 bits per heavy atom. The third-order valence-electron chi connectivity index (χ3n) is 2.50. The fraction of sp³-hybridized carbons (Fsp3) is 1.00. The molecule has 5 heteroatoms. The van der Waals surface area contributed by atoms with Gasteiger partial charge in [-0.3, -0.25) is 0 Å². The summed E-state index contributed by atoms with van der Waals surface area (Å²) in [5.41, 5.74) is 0. The highest BCUT2D eigenvalue weighted by molar-refractivity contribution is 4.65. The highest BCUT2D eigenvalue weighted by atomic mass is 19.4. The maximum absolute atomic E-state index is 11.8. The lowest BCUT2D eigenvalue weighted by molar-refractivity contribution is -0.133. The lowest BCUT2D eigenvalue weighted by atomic mass is 10.1. The number of halogens is 3. The molecule has 1 aliphatic rings. The van der Waals surface area contributed by atoms with Gasteiger partial charge in [-0.25, -0.2) is 0 Å². The van der Waals surface area contributed by atoms with Crippen LogP contribution in [-0.2, 0) is 4.74 Å². The lowest BCUT2D eigenvalue weighted by Crippen LogP contribution is -2.27. The maximum Gasteiger partial charge on any atom is 0.390 e. The van der Waals surface area contributed by atoms with Crippen molar-refractivity contribution in [3.63, 3.8) is 0 Å². The Kier molecular flexibility index (Phi) is 5.39. The first-order chi connectivity index (χ1) is 7.08. The third kappa shape index (κ3) is 6.73. The van der Waals surface area contributed by atoms with Gasteiger partial charge in [0, 0.05) is 13.2 Å². The van der Waals surface area contributed by atoms with Gasteiger partial charge in [-0.15, -0.1) is 0 Å². The zero-order chi connectivity index (χ0) is 11.1. The standard InChI is InChI=1S/C10H18F3NO/c11-10(12,13)5-7-14-6-4-9-3-1-2-8-15-9/h9,14H,1-8H2. The molecule has 0 bridgehead atoms. The van der Waals surface area contributed by atoms with Crippen LogP contribution in [0.2, 0.25) is 0 Å². The van der Waals surface area contributed by atoms with Crippen molar-refractivity contribution in [1.82, 2.24) is 5.32 Å². The fourth-order valence-electron chi connectivity index (χ4n) is 1.65. The maximum atomic E-state index is 11.8. The molecular weight excluding hydrogens is 207 g/mol. The molecule has 0 saturated carbocycles. The van der Waals surface area contributed by atoms with E-state index in [2.05, 4.69) is 5.32 Å². The quantitative estimate of drug-likeness (QED) is 0.726. The van der Waals surface area contributed by atoms with Gasteiger partial charge in [0.05, 0.1) is 12.5 Å². The number of hydrogen-bond donors (Lipinski definition) is 1. The average molecular weight is 225 g/mol. The molecule has 1 aliphatic heterocycles. The van der Waals surface area contributed by atoms with Gasteiger partial charge in [0.25, 0.3) is 0 Å². The van der Waals surface area contributed by atoms with Crippen molar-refractivity contribution < 1.29 is 17.9 Å². The molecule has 1 rings (SSSR count). The molecule has 0 amide bonds. The van der Waals surface area contributed by atoms with Gasteiger partial charge in [-0.2, -0.15) is 13.2 Å². The Bertz CT molecular complexity index is 167. The van der Waals surface area contributed by atoms with Crippen LogP contribution in [0, 0.1) is 0 Å². The Morgan fingerprint density at radius 3 is 2.60 bits per heavy atom. The van der Waals surface area contributed by atoms with Gasteiger partial charge in [0.1, 0.15) is 0 Å². The second-order valence-electron chi connectivity index (χ2n) is 3.89. The van der Waals surface area contributed by atoms with Crippen molar-refractivity contribution in [2.24, 2.45) is 0 Å². The molecule has 1 heterocycles. The summed E-state index contributed by atoms with van der Waals surface area (Å²) in [6, 6.07) is 0. The largest absolute Gasteiger partial charge is 0.390 e. The minimum atomic E-state index is -4.05. The second kappa shape index (κ2) is 6.33. The number of nitrogens with one attached hydrogen (secondary N) is 1. The minimum absolute atomic E-state index is 0.0101. The fourth-order valence-corrected chi connectivity index (χ4v) is 1.65. The van der Waals surface area contributed by atoms with Crippen molar-refractivity contribution in [2.45, 2.75) is 44.4 Å². The molecule has 1 unspecified atom stereocenters. The summed E-state index contributed by atoms with van der Waals surface area (Å²) in [6.45, 7) is 1.42. The summed E-state index contributed by atoms with van der Waals surface area (Å²) in [4.78, 5) is 0. The van der Waals surface area contributed by atoms with Crippen LogP contribution in [0.25, 0.3) is 0 Å². The molecule has 0 radical (unpaired) electrons. The predicted molar refractivity (Wildman–Crippen MR) is 51.7 cm³/mol. The van der Waals surface area contributed by atoms with Crippen molar-refractivity contribution in [2.75, 3.05) is 19.7 Å². The van der Waals surface area contributed by atoms with Crippen molar-refractivity contribution >= 4 is 0 Å². The molecule has 15 heavy (non-hydrogen) atoms. The Labute approximate surface area is 88.2 Å². The third-order valence-corrected chi connectivity index (χ3v) is 2.50. The molecule has 2 nitrogen and oxygen atoms in total. The smallest absolute Gasteiger partial charge is 0.378 e. The van der Waals surface area contributed by atoms with E-state index in [4.69, 9.17) is 4.74 Å². The SMILES string of the molecule is FC(F)(F)CCNCCC1CCCCO1. The normalized spacial score (nSPS) is 23.0. The Balaban J connectivity index is 1.92. The monoisotopic (exact) mass is 225 g/mol. The number of hydrogen-bond acceptors (Lipinski definition) is 2. The van der Waals surface area contributed by atoms with Crippen LogP contribution in [0.4, 0.5) is 13.2 Å². The molecule has 0 aromatic rings. The van der Waals surface area contributed by atoms with E-state index in [1.165, 1.54) is 6.42 Å². The van der Waals surface area contributed by atoms with E-state index < -0.39 is 12.6 Å². The zero-order valence-electron chi connectivity index (χ0n) is 8.78. The van der Waals surface area contributed by atoms with Crippen LogP contribution in [-0.4, -0.2) is 32.0 Å². The Morgan fingerprint density at radius 2 is 2.00 bits per heavy atom. The van der Waals surface area contributed by atoms with Gasteiger partial charge in [-0.05, 0) is 32.2 Å². The first-order valence-corrected chi connectivity index (χ1v) is 5.47. The van der Waals surface area contributed by atoms with Gasteiger partial charge in [0.15, 0.2) is 0 Å².